The second kappa shape index (κ2) is 4.11. The van der Waals surface area contributed by atoms with Gasteiger partial charge < -0.3 is 10.3 Å². The number of fused-ring (bicyclic) bond motifs is 1. The minimum atomic E-state index is 0.622. The van der Waals surface area contributed by atoms with Gasteiger partial charge in [-0.2, -0.15) is 0 Å². The molecule has 1 aromatic carbocycles. The predicted octanol–water partition coefficient (Wildman–Crippen LogP) is 3.12. The Kier molecular flexibility index (Phi) is 2.62. The molecule has 0 bridgehead atoms. The summed E-state index contributed by atoms with van der Waals surface area (Å²) in [6.07, 6.45) is 5.52. The molecule has 1 unspecified atom stereocenters. The van der Waals surface area contributed by atoms with Crippen LogP contribution >= 0.6 is 11.6 Å². The van der Waals surface area contributed by atoms with Crippen molar-refractivity contribution in [2.75, 3.05) is 6.54 Å². The van der Waals surface area contributed by atoms with E-state index in [0.29, 0.717) is 6.04 Å². The van der Waals surface area contributed by atoms with Crippen LogP contribution in [0.3, 0.4) is 0 Å². The van der Waals surface area contributed by atoms with Crippen LogP contribution in [-0.2, 0) is 6.42 Å². The highest BCUT2D eigenvalue weighted by molar-refractivity contribution is 6.35. The summed E-state index contributed by atoms with van der Waals surface area (Å²) in [5.74, 6) is 0. The van der Waals surface area contributed by atoms with E-state index in [1.54, 1.807) is 0 Å². The number of benzene rings is 1. The largest absolute Gasteiger partial charge is 0.360 e. The van der Waals surface area contributed by atoms with Gasteiger partial charge in [-0.1, -0.05) is 23.7 Å². The molecule has 2 heterocycles. The molecule has 2 N–H and O–H groups in total. The highest BCUT2D eigenvalue weighted by Gasteiger charge is 2.16. The second-order valence-electron chi connectivity index (χ2n) is 4.47. The Labute approximate surface area is 100.0 Å². The normalized spacial score (nSPS) is 20.7. The Balaban J connectivity index is 1.98. The zero-order chi connectivity index (χ0) is 11.0. The van der Waals surface area contributed by atoms with Crippen molar-refractivity contribution in [2.24, 2.45) is 0 Å². The van der Waals surface area contributed by atoms with Gasteiger partial charge in [-0.25, -0.2) is 0 Å². The minimum absolute atomic E-state index is 0.622. The van der Waals surface area contributed by atoms with Gasteiger partial charge in [0.1, 0.15) is 0 Å². The molecule has 3 rings (SSSR count). The van der Waals surface area contributed by atoms with Crippen molar-refractivity contribution in [2.45, 2.75) is 25.3 Å². The van der Waals surface area contributed by atoms with E-state index in [1.807, 2.05) is 6.20 Å². The SMILES string of the molecule is Clc1c[nH]c2cccc(CC3CCCN3)c12. The fourth-order valence-corrected chi connectivity index (χ4v) is 2.86. The van der Waals surface area contributed by atoms with Gasteiger partial charge in [-0.3, -0.25) is 0 Å². The topological polar surface area (TPSA) is 27.8 Å². The van der Waals surface area contributed by atoms with Gasteiger partial charge in [0.2, 0.25) is 0 Å². The van der Waals surface area contributed by atoms with Gasteiger partial charge in [0.15, 0.2) is 0 Å². The first-order chi connectivity index (χ1) is 7.84. The maximum Gasteiger partial charge on any atom is 0.0662 e. The number of nitrogens with one attached hydrogen (secondary N) is 2. The fraction of sp³-hybridized carbons (Fsp3) is 0.385. The summed E-state index contributed by atoms with van der Waals surface area (Å²) >= 11 is 6.21. The summed E-state index contributed by atoms with van der Waals surface area (Å²) in [5, 5.41) is 5.56. The first-order valence-corrected chi connectivity index (χ1v) is 6.20. The van der Waals surface area contributed by atoms with E-state index in [-0.39, 0.29) is 0 Å². The van der Waals surface area contributed by atoms with Crippen molar-refractivity contribution in [1.29, 1.82) is 0 Å². The number of hydrogen-bond acceptors (Lipinski definition) is 1. The van der Waals surface area contributed by atoms with E-state index in [4.69, 9.17) is 11.6 Å². The van der Waals surface area contributed by atoms with Gasteiger partial charge in [0.05, 0.1) is 5.02 Å². The molecule has 3 heteroatoms. The predicted molar refractivity (Wildman–Crippen MR) is 68.0 cm³/mol. The molecule has 2 aromatic rings. The van der Waals surface area contributed by atoms with Gasteiger partial charge in [0.25, 0.3) is 0 Å². The fourth-order valence-electron chi connectivity index (χ4n) is 2.58. The van der Waals surface area contributed by atoms with Crippen molar-refractivity contribution < 1.29 is 0 Å². The van der Waals surface area contributed by atoms with E-state index >= 15 is 0 Å². The maximum absolute atomic E-state index is 6.21. The molecule has 0 amide bonds. The number of aromatic nitrogens is 1. The third kappa shape index (κ3) is 1.72. The Morgan fingerprint density at radius 3 is 3.12 bits per heavy atom. The Hall–Kier alpha value is -0.990. The lowest BCUT2D eigenvalue weighted by Crippen LogP contribution is -2.23. The molecule has 16 heavy (non-hydrogen) atoms. The zero-order valence-electron chi connectivity index (χ0n) is 9.09. The van der Waals surface area contributed by atoms with Crippen molar-refractivity contribution in [3.63, 3.8) is 0 Å². The molecule has 1 aromatic heterocycles. The summed E-state index contributed by atoms with van der Waals surface area (Å²) < 4.78 is 0. The van der Waals surface area contributed by atoms with Crippen LogP contribution in [0.1, 0.15) is 18.4 Å². The number of H-pyrrole nitrogens is 1. The summed E-state index contributed by atoms with van der Waals surface area (Å²) in [6.45, 7) is 1.15. The van der Waals surface area contributed by atoms with E-state index in [0.717, 1.165) is 23.5 Å². The third-order valence-corrected chi connectivity index (χ3v) is 3.67. The summed E-state index contributed by atoms with van der Waals surface area (Å²) in [7, 11) is 0. The van der Waals surface area contributed by atoms with E-state index in [9.17, 15) is 0 Å². The second-order valence-corrected chi connectivity index (χ2v) is 4.88. The standard InChI is InChI=1S/C13H15ClN2/c14-11-8-16-12-5-1-3-9(13(11)12)7-10-4-2-6-15-10/h1,3,5,8,10,15-16H,2,4,6-7H2. The van der Waals surface area contributed by atoms with Gasteiger partial charge in [-0.15, -0.1) is 0 Å². The molecular weight excluding hydrogens is 220 g/mol. The molecule has 1 aliphatic heterocycles. The van der Waals surface area contributed by atoms with Crippen molar-refractivity contribution in [3.05, 3.63) is 35.0 Å². The third-order valence-electron chi connectivity index (χ3n) is 3.37. The summed E-state index contributed by atoms with van der Waals surface area (Å²) in [4.78, 5) is 3.20. The minimum Gasteiger partial charge on any atom is -0.360 e. The Morgan fingerprint density at radius 2 is 2.31 bits per heavy atom. The molecule has 1 saturated heterocycles. The number of hydrogen-bond donors (Lipinski definition) is 2. The quantitative estimate of drug-likeness (QED) is 0.821. The van der Waals surface area contributed by atoms with Crippen LogP contribution in [0.5, 0.6) is 0 Å². The van der Waals surface area contributed by atoms with Gasteiger partial charge in [-0.05, 0) is 37.4 Å². The summed E-state index contributed by atoms with van der Waals surface area (Å²) in [5.41, 5.74) is 2.49. The zero-order valence-corrected chi connectivity index (χ0v) is 9.85. The molecule has 2 nitrogen and oxygen atoms in total. The Bertz CT molecular complexity index is 498. The molecular formula is C13H15ClN2. The number of halogens is 1. The van der Waals surface area contributed by atoms with Crippen LogP contribution in [0.4, 0.5) is 0 Å². The lowest BCUT2D eigenvalue weighted by molar-refractivity contribution is 0.605. The molecule has 0 aliphatic carbocycles. The first kappa shape index (κ1) is 10.2. The van der Waals surface area contributed by atoms with Crippen molar-refractivity contribution in [3.8, 4) is 0 Å². The van der Waals surface area contributed by atoms with Crippen LogP contribution in [0, 0.1) is 0 Å². The highest BCUT2D eigenvalue weighted by atomic mass is 35.5. The van der Waals surface area contributed by atoms with E-state index in [1.165, 1.54) is 23.8 Å². The highest BCUT2D eigenvalue weighted by Crippen LogP contribution is 2.28. The van der Waals surface area contributed by atoms with Gasteiger partial charge in [0, 0.05) is 23.1 Å². The van der Waals surface area contributed by atoms with Crippen LogP contribution < -0.4 is 5.32 Å². The van der Waals surface area contributed by atoms with Crippen LogP contribution in [-0.4, -0.2) is 17.6 Å². The van der Waals surface area contributed by atoms with E-state index < -0.39 is 0 Å². The lowest BCUT2D eigenvalue weighted by Gasteiger charge is -2.11. The average Bonchev–Trinajstić information content (AvgIpc) is 2.90. The van der Waals surface area contributed by atoms with Crippen molar-refractivity contribution in [1.82, 2.24) is 10.3 Å². The monoisotopic (exact) mass is 234 g/mol. The molecule has 1 fully saturated rings. The average molecular weight is 235 g/mol. The van der Waals surface area contributed by atoms with Crippen LogP contribution in [0.25, 0.3) is 10.9 Å². The first-order valence-electron chi connectivity index (χ1n) is 5.82. The maximum atomic E-state index is 6.21. The van der Waals surface area contributed by atoms with Crippen LogP contribution in [0.15, 0.2) is 24.4 Å². The molecule has 84 valence electrons. The van der Waals surface area contributed by atoms with E-state index in [2.05, 4.69) is 28.5 Å². The van der Waals surface area contributed by atoms with Crippen molar-refractivity contribution >= 4 is 22.5 Å². The number of rotatable bonds is 2. The van der Waals surface area contributed by atoms with Gasteiger partial charge >= 0.3 is 0 Å². The van der Waals surface area contributed by atoms with Crippen LogP contribution in [0.2, 0.25) is 5.02 Å². The molecule has 0 saturated carbocycles. The lowest BCUT2D eigenvalue weighted by atomic mass is 10.0. The summed E-state index contributed by atoms with van der Waals surface area (Å²) in [6, 6.07) is 6.98. The number of aromatic amines is 1. The molecule has 0 spiro atoms. The molecule has 1 aliphatic rings. The smallest absolute Gasteiger partial charge is 0.0662 e. The molecule has 0 radical (unpaired) electrons. The molecule has 1 atom stereocenters. The Morgan fingerprint density at radius 1 is 1.38 bits per heavy atom.